The predicted molar refractivity (Wildman–Crippen MR) is 126 cm³/mol. The van der Waals surface area contributed by atoms with Gasteiger partial charge in [-0.1, -0.05) is 34.6 Å². The quantitative estimate of drug-likeness (QED) is 0.570. The Labute approximate surface area is 189 Å². The van der Waals surface area contributed by atoms with Gasteiger partial charge >= 0.3 is 0 Å². The number of rotatable bonds is 8. The Hall–Kier alpha value is -3.09. The minimum Gasteiger partial charge on any atom is -0.493 e. The van der Waals surface area contributed by atoms with Crippen LogP contribution in [0.5, 0.6) is 0 Å². The number of nitrogens with one attached hydrogen (secondary N) is 3. The van der Waals surface area contributed by atoms with Crippen molar-refractivity contribution in [2.45, 2.75) is 73.1 Å². The smallest absolute Gasteiger partial charge is 0.254 e. The number of aryl methyl sites for hydroxylation is 1. The van der Waals surface area contributed by atoms with Crippen molar-refractivity contribution >= 4 is 11.5 Å². The second-order valence-electron chi connectivity index (χ2n) is 7.87. The zero-order valence-corrected chi connectivity index (χ0v) is 19.8. The van der Waals surface area contributed by atoms with E-state index in [9.17, 15) is 9.59 Å². The van der Waals surface area contributed by atoms with Crippen molar-refractivity contribution in [3.05, 3.63) is 68.0 Å². The van der Waals surface area contributed by atoms with E-state index in [-0.39, 0.29) is 11.5 Å². The van der Waals surface area contributed by atoms with E-state index in [4.69, 9.17) is 9.72 Å². The van der Waals surface area contributed by atoms with Gasteiger partial charge in [0.1, 0.15) is 17.4 Å². The average Bonchev–Trinajstić information content (AvgIpc) is 2.81. The molecule has 2 aliphatic rings. The van der Waals surface area contributed by atoms with E-state index in [0.29, 0.717) is 49.7 Å². The summed E-state index contributed by atoms with van der Waals surface area (Å²) in [6.45, 7) is 10.6. The number of nitrogens with zero attached hydrogens (tertiary/aromatic N) is 1. The van der Waals surface area contributed by atoms with Gasteiger partial charge in [0.15, 0.2) is 0 Å². The molecular weight excluding hydrogens is 404 g/mol. The molecule has 1 aliphatic carbocycles. The lowest BCUT2D eigenvalue weighted by molar-refractivity contribution is -0.117. The number of aromatic amines is 1. The van der Waals surface area contributed by atoms with Gasteiger partial charge in [0.2, 0.25) is 0 Å². The van der Waals surface area contributed by atoms with Crippen LogP contribution in [0.4, 0.5) is 0 Å². The fourth-order valence-corrected chi connectivity index (χ4v) is 4.07. The zero-order valence-electron chi connectivity index (χ0n) is 19.8. The van der Waals surface area contributed by atoms with Crippen LogP contribution in [0.1, 0.15) is 77.4 Å². The fourth-order valence-electron chi connectivity index (χ4n) is 4.07. The lowest BCUT2D eigenvalue weighted by Gasteiger charge is -2.27. The van der Waals surface area contributed by atoms with E-state index < -0.39 is 0 Å². The first-order valence-electron chi connectivity index (χ1n) is 11.7. The third-order valence-corrected chi connectivity index (χ3v) is 5.78. The van der Waals surface area contributed by atoms with Crippen molar-refractivity contribution < 1.29 is 9.53 Å². The maximum atomic E-state index is 12.7. The summed E-state index contributed by atoms with van der Waals surface area (Å²) in [5.41, 5.74) is 4.77. The van der Waals surface area contributed by atoms with Crippen molar-refractivity contribution in [1.29, 1.82) is 0 Å². The van der Waals surface area contributed by atoms with Gasteiger partial charge < -0.3 is 20.4 Å². The molecule has 2 heterocycles. The van der Waals surface area contributed by atoms with Crippen molar-refractivity contribution in [2.75, 3.05) is 6.61 Å². The molecule has 0 fully saturated rings. The molecule has 1 aromatic rings. The Kier molecular flexibility index (Phi) is 7.72. The molecule has 32 heavy (non-hydrogen) atoms. The lowest BCUT2D eigenvalue weighted by atomic mass is 9.97. The van der Waals surface area contributed by atoms with Gasteiger partial charge in [-0.05, 0) is 56.3 Å². The van der Waals surface area contributed by atoms with Crippen LogP contribution >= 0.6 is 0 Å². The van der Waals surface area contributed by atoms with E-state index in [1.54, 1.807) is 0 Å². The number of H-pyrrole nitrogens is 1. The number of ether oxygens (including phenoxy) is 1. The van der Waals surface area contributed by atoms with Crippen molar-refractivity contribution in [3.8, 4) is 0 Å². The number of amides is 1. The van der Waals surface area contributed by atoms with Crippen molar-refractivity contribution in [1.82, 2.24) is 20.6 Å². The first-order chi connectivity index (χ1) is 15.5. The molecule has 0 spiro atoms. The summed E-state index contributed by atoms with van der Waals surface area (Å²) in [7, 11) is 0. The monoisotopic (exact) mass is 438 g/mol. The number of carbonyl (C=O) groups is 1. The van der Waals surface area contributed by atoms with Crippen LogP contribution in [0, 0.1) is 0 Å². The molecule has 7 heteroatoms. The zero-order chi connectivity index (χ0) is 23.3. The van der Waals surface area contributed by atoms with Crippen LogP contribution in [0.25, 0.3) is 5.57 Å². The highest BCUT2D eigenvalue weighted by atomic mass is 16.5. The minimum atomic E-state index is -0.113. The predicted octanol–water partition coefficient (Wildman–Crippen LogP) is 4.00. The Morgan fingerprint density at radius 3 is 2.41 bits per heavy atom. The maximum absolute atomic E-state index is 12.7. The molecule has 1 amide bonds. The molecule has 0 aromatic carbocycles. The van der Waals surface area contributed by atoms with Crippen LogP contribution in [0.2, 0.25) is 0 Å². The Balaban J connectivity index is 2.11. The third-order valence-electron chi connectivity index (χ3n) is 5.78. The fraction of sp³-hybridized carbons (Fsp3) is 0.480. The normalized spacial score (nSPS) is 18.7. The van der Waals surface area contributed by atoms with Gasteiger partial charge in [-0.25, -0.2) is 4.98 Å². The first-order valence-corrected chi connectivity index (χ1v) is 11.7. The topological polar surface area (TPSA) is 96.1 Å². The number of hydrogen-bond acceptors (Lipinski definition) is 5. The highest BCUT2D eigenvalue weighted by Crippen LogP contribution is 2.31. The van der Waals surface area contributed by atoms with Crippen LogP contribution in [-0.2, 0) is 22.4 Å². The molecule has 0 unspecified atom stereocenters. The second-order valence-corrected chi connectivity index (χ2v) is 7.87. The van der Waals surface area contributed by atoms with E-state index in [1.807, 2.05) is 39.8 Å². The average molecular weight is 439 g/mol. The standard InChI is InChI=1S/C25H34N4O3/c1-6-13-32-21-12-11-15(22-26-19(9-4)16(7-2)24(30)28-22)14-18(21)23-27-20(10-5)17(8-3)25(31)29-23/h12,14,26H,6-11,13H2,1-5H3,(H,28,30)(H,27,29,31). The van der Waals surface area contributed by atoms with E-state index in [0.717, 1.165) is 46.5 Å². The number of carbonyl (C=O) groups excluding carboxylic acids is 1. The van der Waals surface area contributed by atoms with Gasteiger partial charge in [0.05, 0.1) is 17.9 Å². The molecule has 0 atom stereocenters. The summed E-state index contributed by atoms with van der Waals surface area (Å²) in [4.78, 5) is 33.1. The summed E-state index contributed by atoms with van der Waals surface area (Å²) in [5.74, 6) is 1.81. The van der Waals surface area contributed by atoms with Crippen molar-refractivity contribution in [2.24, 2.45) is 0 Å². The van der Waals surface area contributed by atoms with Gasteiger partial charge in [-0.3, -0.25) is 9.59 Å². The van der Waals surface area contributed by atoms with Gasteiger partial charge in [0, 0.05) is 16.8 Å². The Morgan fingerprint density at radius 1 is 1.00 bits per heavy atom. The summed E-state index contributed by atoms with van der Waals surface area (Å²) in [6.07, 6.45) is 8.16. The molecule has 0 bridgehead atoms. The van der Waals surface area contributed by atoms with Gasteiger partial charge in [-0.2, -0.15) is 0 Å². The molecule has 1 aliphatic heterocycles. The van der Waals surface area contributed by atoms with Gasteiger partial charge in [0.25, 0.3) is 11.5 Å². The molecule has 0 saturated heterocycles. The maximum Gasteiger partial charge on any atom is 0.254 e. The minimum absolute atomic E-state index is 0.0651. The summed E-state index contributed by atoms with van der Waals surface area (Å²) < 4.78 is 5.99. The molecule has 172 valence electrons. The summed E-state index contributed by atoms with van der Waals surface area (Å²) in [6, 6.07) is 0. The third kappa shape index (κ3) is 4.71. The highest BCUT2D eigenvalue weighted by Gasteiger charge is 2.25. The SMILES string of the molecule is CCCOC1=CCC(=C2NC(=O)C(CC)=C(CC)N2)C=C1c1nc(CC)c(CC)c(=O)[nH]1. The molecule has 7 nitrogen and oxygen atoms in total. The molecule has 0 radical (unpaired) electrons. The molecular formula is C25H34N4O3. The van der Waals surface area contributed by atoms with Gasteiger partial charge in [-0.15, -0.1) is 0 Å². The van der Waals surface area contributed by atoms with Crippen LogP contribution in [-0.4, -0.2) is 22.5 Å². The molecule has 0 saturated carbocycles. The van der Waals surface area contributed by atoms with E-state index in [2.05, 4.69) is 22.5 Å². The largest absolute Gasteiger partial charge is 0.493 e. The first kappa shape index (κ1) is 23.6. The number of hydrogen-bond donors (Lipinski definition) is 3. The highest BCUT2D eigenvalue weighted by molar-refractivity contribution is 5.96. The Morgan fingerprint density at radius 2 is 1.78 bits per heavy atom. The van der Waals surface area contributed by atoms with E-state index in [1.165, 1.54) is 0 Å². The summed E-state index contributed by atoms with van der Waals surface area (Å²) >= 11 is 0. The van der Waals surface area contributed by atoms with E-state index >= 15 is 0 Å². The number of aromatic nitrogens is 2. The van der Waals surface area contributed by atoms with Crippen LogP contribution in [0.3, 0.4) is 0 Å². The number of allylic oxidation sites excluding steroid dienone is 5. The lowest BCUT2D eigenvalue weighted by Crippen LogP contribution is -2.40. The second kappa shape index (κ2) is 10.5. The molecule has 1 aromatic heterocycles. The Bertz CT molecular complexity index is 1070. The van der Waals surface area contributed by atoms with Crippen LogP contribution < -0.4 is 16.2 Å². The van der Waals surface area contributed by atoms with Crippen molar-refractivity contribution in [3.63, 3.8) is 0 Å². The van der Waals surface area contributed by atoms with Crippen LogP contribution in [0.15, 0.2) is 45.4 Å². The summed E-state index contributed by atoms with van der Waals surface area (Å²) in [5, 5.41) is 6.41. The molecule has 3 N–H and O–H groups in total. The molecule has 3 rings (SSSR count).